The van der Waals surface area contributed by atoms with Crippen molar-refractivity contribution < 1.29 is 14.1 Å². The summed E-state index contributed by atoms with van der Waals surface area (Å²) in [6.07, 6.45) is 3.57. The zero-order valence-electron chi connectivity index (χ0n) is 19.4. The van der Waals surface area contributed by atoms with E-state index in [1.807, 2.05) is 37.3 Å². The van der Waals surface area contributed by atoms with Crippen molar-refractivity contribution >= 4 is 5.91 Å². The molecule has 1 amide bonds. The number of hydrogen-bond acceptors (Lipinski definition) is 6. The van der Waals surface area contributed by atoms with Gasteiger partial charge in [0.25, 0.3) is 0 Å². The highest BCUT2D eigenvalue weighted by Crippen LogP contribution is 2.21. The van der Waals surface area contributed by atoms with E-state index < -0.39 is 0 Å². The van der Waals surface area contributed by atoms with E-state index in [2.05, 4.69) is 38.6 Å². The summed E-state index contributed by atoms with van der Waals surface area (Å²) in [5.41, 5.74) is 3.39. The Morgan fingerprint density at radius 1 is 1.18 bits per heavy atom. The van der Waals surface area contributed by atoms with Gasteiger partial charge in [0, 0.05) is 18.0 Å². The molecule has 0 bridgehead atoms. The first-order chi connectivity index (χ1) is 16.1. The number of hydrogen-bond donors (Lipinski definition) is 1. The van der Waals surface area contributed by atoms with E-state index >= 15 is 0 Å². The number of ether oxygens (including phenoxy) is 1. The van der Waals surface area contributed by atoms with Crippen molar-refractivity contribution in [2.24, 2.45) is 5.92 Å². The van der Waals surface area contributed by atoms with Crippen LogP contribution in [0.4, 0.5) is 0 Å². The van der Waals surface area contributed by atoms with Crippen molar-refractivity contribution in [2.75, 3.05) is 26.7 Å². The minimum atomic E-state index is 0.0766. The number of aryl methyl sites for hydroxylation is 2. The van der Waals surface area contributed by atoms with Gasteiger partial charge in [-0.3, -0.25) is 9.69 Å². The van der Waals surface area contributed by atoms with Gasteiger partial charge in [-0.15, -0.1) is 0 Å². The van der Waals surface area contributed by atoms with Gasteiger partial charge in [-0.1, -0.05) is 41.1 Å². The number of nitrogens with one attached hydrogen (secondary N) is 1. The number of carbonyl (C=O) groups is 1. The Morgan fingerprint density at radius 2 is 1.97 bits per heavy atom. The number of likely N-dealkylation sites (tertiary alicyclic amines) is 1. The van der Waals surface area contributed by atoms with Crippen LogP contribution in [0.2, 0.25) is 0 Å². The molecule has 0 saturated carbocycles. The molecule has 1 fully saturated rings. The Labute approximate surface area is 195 Å². The quantitative estimate of drug-likeness (QED) is 0.498. The van der Waals surface area contributed by atoms with Crippen LogP contribution in [0.1, 0.15) is 36.3 Å². The zero-order valence-corrected chi connectivity index (χ0v) is 19.4. The molecule has 2 heterocycles. The molecule has 1 N–H and O–H groups in total. The highest BCUT2D eigenvalue weighted by atomic mass is 16.5. The molecule has 0 atom stereocenters. The van der Waals surface area contributed by atoms with Gasteiger partial charge >= 0.3 is 0 Å². The van der Waals surface area contributed by atoms with Crippen molar-refractivity contribution in [1.29, 1.82) is 0 Å². The molecule has 174 valence electrons. The van der Waals surface area contributed by atoms with Crippen LogP contribution in [0.15, 0.2) is 53.1 Å². The van der Waals surface area contributed by atoms with Gasteiger partial charge in [-0.25, -0.2) is 0 Å². The molecule has 2 aromatic carbocycles. The lowest BCUT2D eigenvalue weighted by Gasteiger charge is -2.30. The van der Waals surface area contributed by atoms with Gasteiger partial charge < -0.3 is 14.6 Å². The van der Waals surface area contributed by atoms with E-state index in [1.54, 1.807) is 7.11 Å². The maximum absolute atomic E-state index is 12.6. The van der Waals surface area contributed by atoms with E-state index in [-0.39, 0.29) is 11.8 Å². The van der Waals surface area contributed by atoms with E-state index in [1.165, 1.54) is 11.1 Å². The molecule has 4 rings (SSSR count). The van der Waals surface area contributed by atoms with Crippen molar-refractivity contribution in [1.82, 2.24) is 20.4 Å². The average molecular weight is 449 g/mol. The summed E-state index contributed by atoms with van der Waals surface area (Å²) in [7, 11) is 1.67. The van der Waals surface area contributed by atoms with Crippen LogP contribution in [0.25, 0.3) is 11.4 Å². The predicted octanol–water partition coefficient (Wildman–Crippen LogP) is 4.01. The fourth-order valence-electron chi connectivity index (χ4n) is 4.21. The lowest BCUT2D eigenvalue weighted by molar-refractivity contribution is -0.126. The second-order valence-electron chi connectivity index (χ2n) is 8.67. The van der Waals surface area contributed by atoms with Crippen molar-refractivity contribution in [2.45, 2.75) is 39.2 Å². The maximum Gasteiger partial charge on any atom is 0.241 e. The van der Waals surface area contributed by atoms with Crippen LogP contribution in [-0.2, 0) is 17.8 Å². The van der Waals surface area contributed by atoms with Gasteiger partial charge in [0.05, 0.1) is 13.7 Å². The monoisotopic (exact) mass is 448 g/mol. The molecule has 0 aliphatic carbocycles. The molecule has 3 aromatic rings. The molecule has 0 unspecified atom stereocenters. The number of amides is 1. The van der Waals surface area contributed by atoms with E-state index in [4.69, 9.17) is 9.26 Å². The molecule has 7 nitrogen and oxygen atoms in total. The molecule has 1 aromatic heterocycles. The smallest absolute Gasteiger partial charge is 0.241 e. The van der Waals surface area contributed by atoms with Crippen molar-refractivity contribution in [3.05, 3.63) is 65.5 Å². The molecule has 7 heteroatoms. The first-order valence-corrected chi connectivity index (χ1v) is 11.6. The van der Waals surface area contributed by atoms with Crippen LogP contribution in [0, 0.1) is 12.8 Å². The summed E-state index contributed by atoms with van der Waals surface area (Å²) >= 11 is 0. The maximum atomic E-state index is 12.6. The lowest BCUT2D eigenvalue weighted by Crippen LogP contribution is -2.40. The first kappa shape index (κ1) is 23.0. The largest absolute Gasteiger partial charge is 0.497 e. The second-order valence-corrected chi connectivity index (χ2v) is 8.67. The Hall–Kier alpha value is -3.19. The minimum Gasteiger partial charge on any atom is -0.497 e. The number of piperidine rings is 1. The normalized spacial score (nSPS) is 14.8. The number of methoxy groups -OCH3 is 1. The summed E-state index contributed by atoms with van der Waals surface area (Å²) in [5, 5.41) is 7.24. The molecular weight excluding hydrogens is 416 g/mol. The van der Waals surface area contributed by atoms with Gasteiger partial charge in [0.15, 0.2) is 0 Å². The van der Waals surface area contributed by atoms with Crippen LogP contribution in [0.3, 0.4) is 0 Å². The van der Waals surface area contributed by atoms with Gasteiger partial charge in [0.1, 0.15) is 5.75 Å². The second kappa shape index (κ2) is 11.1. The fourth-order valence-corrected chi connectivity index (χ4v) is 4.21. The molecule has 0 radical (unpaired) electrons. The van der Waals surface area contributed by atoms with E-state index in [9.17, 15) is 4.79 Å². The number of benzene rings is 2. The zero-order chi connectivity index (χ0) is 23.0. The van der Waals surface area contributed by atoms with Crippen molar-refractivity contribution in [3.8, 4) is 17.1 Å². The highest BCUT2D eigenvalue weighted by Gasteiger charge is 2.25. The van der Waals surface area contributed by atoms with Gasteiger partial charge in [-0.05, 0) is 69.5 Å². The van der Waals surface area contributed by atoms with Gasteiger partial charge in [-0.2, -0.15) is 4.98 Å². The molecule has 0 spiro atoms. The highest BCUT2D eigenvalue weighted by molar-refractivity contribution is 5.78. The van der Waals surface area contributed by atoms with Gasteiger partial charge in [0.2, 0.25) is 17.6 Å². The number of aromatic nitrogens is 2. The Bertz CT molecular complexity index is 1040. The molecular formula is C26H32N4O3. The minimum absolute atomic E-state index is 0.0766. The number of nitrogens with zero attached hydrogens (tertiary/aromatic N) is 3. The third kappa shape index (κ3) is 6.42. The SMILES string of the molecule is COc1ccc(CCCNC(=O)C2CCN(Cc3nc(-c4cccc(C)c4)no3)CC2)cc1. The summed E-state index contributed by atoms with van der Waals surface area (Å²) in [6.45, 7) is 5.08. The third-order valence-electron chi connectivity index (χ3n) is 6.16. The first-order valence-electron chi connectivity index (χ1n) is 11.6. The number of rotatable bonds is 9. The van der Waals surface area contributed by atoms with E-state index in [0.29, 0.717) is 24.8 Å². The Balaban J connectivity index is 1.16. The Morgan fingerprint density at radius 3 is 2.70 bits per heavy atom. The summed E-state index contributed by atoms with van der Waals surface area (Å²) in [5.74, 6) is 2.35. The molecule has 1 aliphatic rings. The lowest BCUT2D eigenvalue weighted by atomic mass is 9.96. The topological polar surface area (TPSA) is 80.5 Å². The molecule has 1 aliphatic heterocycles. The molecule has 1 saturated heterocycles. The standard InChI is InChI=1S/C26H32N4O3/c1-19-5-3-7-22(17-19)25-28-24(33-29-25)18-30-15-12-21(13-16-30)26(31)27-14-4-6-20-8-10-23(32-2)11-9-20/h3,5,7-11,17,21H,4,6,12-16,18H2,1-2H3,(H,27,31). The predicted molar refractivity (Wildman–Crippen MR) is 127 cm³/mol. The molecule has 33 heavy (non-hydrogen) atoms. The van der Waals surface area contributed by atoms with Crippen LogP contribution in [-0.4, -0.2) is 47.7 Å². The fraction of sp³-hybridized carbons (Fsp3) is 0.423. The van der Waals surface area contributed by atoms with E-state index in [0.717, 1.165) is 50.1 Å². The van der Waals surface area contributed by atoms with Crippen LogP contribution in [0.5, 0.6) is 5.75 Å². The summed E-state index contributed by atoms with van der Waals surface area (Å²) < 4.78 is 10.6. The summed E-state index contributed by atoms with van der Waals surface area (Å²) in [4.78, 5) is 19.4. The average Bonchev–Trinajstić information content (AvgIpc) is 3.31. The number of carbonyl (C=O) groups excluding carboxylic acids is 1. The van der Waals surface area contributed by atoms with Crippen LogP contribution >= 0.6 is 0 Å². The third-order valence-corrected chi connectivity index (χ3v) is 6.16. The van der Waals surface area contributed by atoms with Crippen LogP contribution < -0.4 is 10.1 Å². The van der Waals surface area contributed by atoms with Crippen molar-refractivity contribution in [3.63, 3.8) is 0 Å². The summed E-state index contributed by atoms with van der Waals surface area (Å²) in [6, 6.07) is 16.2. The Kier molecular flexibility index (Phi) is 7.73.